The van der Waals surface area contributed by atoms with Crippen LogP contribution in [-0.4, -0.2) is 21.5 Å². The Morgan fingerprint density at radius 3 is 2.52 bits per heavy atom. The van der Waals surface area contributed by atoms with E-state index in [9.17, 15) is 8.78 Å². The van der Waals surface area contributed by atoms with E-state index in [1.54, 1.807) is 4.68 Å². The van der Waals surface area contributed by atoms with Gasteiger partial charge in [-0.3, -0.25) is 0 Å². The van der Waals surface area contributed by atoms with Gasteiger partial charge in [0.1, 0.15) is 5.69 Å². The fraction of sp³-hybridized carbons (Fsp3) is 0.467. The first-order valence-corrected chi connectivity index (χ1v) is 7.25. The molecule has 0 bridgehead atoms. The first-order chi connectivity index (χ1) is 10.1. The van der Waals surface area contributed by atoms with Crippen LogP contribution < -0.4 is 5.32 Å². The number of hydrogen-bond donors (Lipinski definition) is 1. The Balaban J connectivity index is 2.45. The number of aromatic nitrogens is 3. The fourth-order valence-electron chi connectivity index (χ4n) is 2.42. The number of nitrogens with zero attached hydrogens (tertiary/aromatic N) is 3. The highest BCUT2D eigenvalue weighted by molar-refractivity contribution is 5.35. The molecule has 0 aliphatic rings. The van der Waals surface area contributed by atoms with E-state index in [0.29, 0.717) is 12.1 Å². The molecule has 6 heteroatoms. The van der Waals surface area contributed by atoms with Crippen molar-refractivity contribution in [1.82, 2.24) is 20.3 Å². The fourth-order valence-corrected chi connectivity index (χ4v) is 2.42. The maximum atomic E-state index is 13.4. The second-order valence-corrected chi connectivity index (χ2v) is 4.80. The van der Waals surface area contributed by atoms with Gasteiger partial charge in [-0.05, 0) is 31.5 Å². The monoisotopic (exact) mass is 294 g/mol. The number of hydrogen-bond acceptors (Lipinski definition) is 3. The summed E-state index contributed by atoms with van der Waals surface area (Å²) in [4.78, 5) is 0. The van der Waals surface area contributed by atoms with Crippen LogP contribution in [0, 0.1) is 11.6 Å². The highest BCUT2D eigenvalue weighted by atomic mass is 19.2. The molecule has 4 nitrogen and oxygen atoms in total. The standard InChI is InChI=1S/C15H20F2N4/c1-4-13(18-6-3)15-14(5-2)21(20-19-15)10-7-8-11(16)12(17)9-10/h7-9,13,18H,4-6H2,1-3H3. The summed E-state index contributed by atoms with van der Waals surface area (Å²) in [6, 6.07) is 3.86. The molecule has 21 heavy (non-hydrogen) atoms. The Morgan fingerprint density at radius 2 is 1.95 bits per heavy atom. The van der Waals surface area contributed by atoms with Crippen molar-refractivity contribution >= 4 is 0 Å². The van der Waals surface area contributed by atoms with Gasteiger partial charge in [0, 0.05) is 6.07 Å². The lowest BCUT2D eigenvalue weighted by Crippen LogP contribution is -2.21. The van der Waals surface area contributed by atoms with Gasteiger partial charge in [0.2, 0.25) is 0 Å². The van der Waals surface area contributed by atoms with E-state index in [1.807, 2.05) is 13.8 Å². The molecule has 0 saturated heterocycles. The predicted octanol–water partition coefficient (Wildman–Crippen LogP) is 3.17. The first-order valence-electron chi connectivity index (χ1n) is 7.25. The number of rotatable bonds is 6. The Morgan fingerprint density at radius 1 is 1.19 bits per heavy atom. The molecule has 0 aliphatic heterocycles. The molecule has 0 spiro atoms. The van der Waals surface area contributed by atoms with Crippen LogP contribution in [-0.2, 0) is 6.42 Å². The van der Waals surface area contributed by atoms with Crippen molar-refractivity contribution in [2.75, 3.05) is 6.54 Å². The minimum absolute atomic E-state index is 0.115. The summed E-state index contributed by atoms with van der Waals surface area (Å²) in [7, 11) is 0. The first kappa shape index (κ1) is 15.6. The summed E-state index contributed by atoms with van der Waals surface area (Å²) in [5.41, 5.74) is 2.26. The molecule has 0 saturated carbocycles. The molecule has 1 N–H and O–H groups in total. The van der Waals surface area contributed by atoms with Gasteiger partial charge in [-0.1, -0.05) is 26.0 Å². The zero-order valence-corrected chi connectivity index (χ0v) is 12.5. The Hall–Kier alpha value is -1.82. The average Bonchev–Trinajstić information content (AvgIpc) is 2.91. The molecule has 1 atom stereocenters. The van der Waals surface area contributed by atoms with Gasteiger partial charge in [0.05, 0.1) is 17.4 Å². The van der Waals surface area contributed by atoms with Crippen LogP contribution in [0.1, 0.15) is 44.6 Å². The van der Waals surface area contributed by atoms with Crippen LogP contribution >= 0.6 is 0 Å². The largest absolute Gasteiger partial charge is 0.309 e. The smallest absolute Gasteiger partial charge is 0.160 e. The van der Waals surface area contributed by atoms with E-state index in [-0.39, 0.29) is 6.04 Å². The predicted molar refractivity (Wildman–Crippen MR) is 77.4 cm³/mol. The maximum Gasteiger partial charge on any atom is 0.160 e. The highest BCUT2D eigenvalue weighted by Crippen LogP contribution is 2.22. The van der Waals surface area contributed by atoms with E-state index < -0.39 is 11.6 Å². The Kier molecular flexibility index (Phi) is 5.01. The molecule has 114 valence electrons. The number of nitrogens with one attached hydrogen (secondary N) is 1. The summed E-state index contributed by atoms with van der Waals surface area (Å²) < 4.78 is 28.0. The summed E-state index contributed by atoms with van der Waals surface area (Å²) in [5.74, 6) is -1.75. The zero-order valence-electron chi connectivity index (χ0n) is 12.5. The van der Waals surface area contributed by atoms with Gasteiger partial charge in [0.25, 0.3) is 0 Å². The van der Waals surface area contributed by atoms with Gasteiger partial charge >= 0.3 is 0 Å². The maximum absolute atomic E-state index is 13.4. The lowest BCUT2D eigenvalue weighted by Gasteiger charge is -2.15. The Labute approximate surface area is 123 Å². The van der Waals surface area contributed by atoms with Crippen molar-refractivity contribution in [2.45, 2.75) is 39.7 Å². The van der Waals surface area contributed by atoms with Gasteiger partial charge in [-0.25, -0.2) is 13.5 Å². The molecule has 0 fully saturated rings. The van der Waals surface area contributed by atoms with Crippen LogP contribution in [0.25, 0.3) is 5.69 Å². The molecule has 1 aromatic carbocycles. The summed E-state index contributed by atoms with van der Waals surface area (Å²) in [6.45, 7) is 6.94. The van der Waals surface area contributed by atoms with E-state index in [2.05, 4.69) is 22.6 Å². The molecule has 1 heterocycles. The van der Waals surface area contributed by atoms with Gasteiger partial charge in [0.15, 0.2) is 11.6 Å². The van der Waals surface area contributed by atoms with Crippen molar-refractivity contribution in [3.63, 3.8) is 0 Å². The molecule has 1 unspecified atom stereocenters. The molecule has 1 aromatic heterocycles. The summed E-state index contributed by atoms with van der Waals surface area (Å²) in [6.07, 6.45) is 1.60. The molecule has 2 aromatic rings. The lowest BCUT2D eigenvalue weighted by atomic mass is 10.1. The summed E-state index contributed by atoms with van der Waals surface area (Å²) >= 11 is 0. The molecular formula is C15H20F2N4. The van der Waals surface area contributed by atoms with Crippen LogP contribution in [0.4, 0.5) is 8.78 Å². The minimum atomic E-state index is -0.884. The quantitative estimate of drug-likeness (QED) is 0.890. The van der Waals surface area contributed by atoms with Crippen LogP contribution in [0.2, 0.25) is 0 Å². The molecule has 0 amide bonds. The molecule has 0 radical (unpaired) electrons. The van der Waals surface area contributed by atoms with Crippen LogP contribution in [0.5, 0.6) is 0 Å². The second kappa shape index (κ2) is 6.76. The third-order valence-electron chi connectivity index (χ3n) is 3.46. The van der Waals surface area contributed by atoms with Crippen molar-refractivity contribution in [1.29, 1.82) is 0 Å². The third-order valence-corrected chi connectivity index (χ3v) is 3.46. The lowest BCUT2D eigenvalue weighted by molar-refractivity contribution is 0.507. The van der Waals surface area contributed by atoms with Crippen molar-refractivity contribution in [3.05, 3.63) is 41.2 Å². The normalized spacial score (nSPS) is 12.6. The second-order valence-electron chi connectivity index (χ2n) is 4.80. The minimum Gasteiger partial charge on any atom is -0.309 e. The molecular weight excluding hydrogens is 274 g/mol. The average molecular weight is 294 g/mol. The van der Waals surface area contributed by atoms with Crippen LogP contribution in [0.3, 0.4) is 0 Å². The molecule has 2 rings (SSSR count). The zero-order chi connectivity index (χ0) is 15.4. The third kappa shape index (κ3) is 3.10. The summed E-state index contributed by atoms with van der Waals surface area (Å²) in [5, 5.41) is 11.7. The van der Waals surface area contributed by atoms with Crippen molar-refractivity contribution in [3.8, 4) is 5.69 Å². The number of halogens is 2. The van der Waals surface area contributed by atoms with E-state index in [4.69, 9.17) is 0 Å². The SMILES string of the molecule is CCNC(CC)c1nnn(-c2ccc(F)c(F)c2)c1CC. The van der Waals surface area contributed by atoms with Crippen LogP contribution in [0.15, 0.2) is 18.2 Å². The topological polar surface area (TPSA) is 42.7 Å². The Bertz CT molecular complexity index is 610. The molecule has 0 aliphatic carbocycles. The van der Waals surface area contributed by atoms with Crippen molar-refractivity contribution < 1.29 is 8.78 Å². The van der Waals surface area contributed by atoms with Gasteiger partial charge in [-0.2, -0.15) is 0 Å². The van der Waals surface area contributed by atoms with Gasteiger partial charge < -0.3 is 5.32 Å². The van der Waals surface area contributed by atoms with Crippen molar-refractivity contribution in [2.24, 2.45) is 0 Å². The highest BCUT2D eigenvalue weighted by Gasteiger charge is 2.20. The van der Waals surface area contributed by atoms with Gasteiger partial charge in [-0.15, -0.1) is 5.10 Å². The number of benzene rings is 1. The van der Waals surface area contributed by atoms with E-state index in [1.165, 1.54) is 6.07 Å². The van der Waals surface area contributed by atoms with E-state index >= 15 is 0 Å². The van der Waals surface area contributed by atoms with E-state index in [0.717, 1.165) is 36.5 Å².